The summed E-state index contributed by atoms with van der Waals surface area (Å²) in [7, 11) is -3.84. The summed E-state index contributed by atoms with van der Waals surface area (Å²) in [4.78, 5) is 12.9. The average molecular weight is 416 g/mol. The first-order chi connectivity index (χ1) is 13.7. The number of aryl methyl sites for hydroxylation is 1. The molecule has 2 aromatic carbocycles. The van der Waals surface area contributed by atoms with Gasteiger partial charge in [-0.05, 0) is 55.7 Å². The highest BCUT2D eigenvalue weighted by Gasteiger charge is 2.26. The summed E-state index contributed by atoms with van der Waals surface area (Å²) in [6.07, 6.45) is 0.348. The summed E-state index contributed by atoms with van der Waals surface area (Å²) in [5, 5.41) is 11.3. The molecule has 2 N–H and O–H groups in total. The smallest absolute Gasteiger partial charge is 0.242 e. The molecule has 0 radical (unpaired) electrons. The highest BCUT2D eigenvalue weighted by Crippen LogP contribution is 2.18. The number of carbonyl (C=O) groups is 1. The summed E-state index contributed by atoms with van der Waals surface area (Å²) in [6.45, 7) is 5.64. The van der Waals surface area contributed by atoms with Gasteiger partial charge in [0.15, 0.2) is 6.61 Å². The molecule has 0 spiro atoms. The summed E-state index contributed by atoms with van der Waals surface area (Å²) in [5.74, 6) is 0.164. The summed E-state index contributed by atoms with van der Waals surface area (Å²) >= 11 is 0. The molecule has 0 aliphatic heterocycles. The molecule has 1 atom stereocenters. The largest absolute Gasteiger partial charge is 0.479 e. The van der Waals surface area contributed by atoms with Gasteiger partial charge in [0.1, 0.15) is 17.9 Å². The lowest BCUT2D eigenvalue weighted by atomic mass is 10.0. The number of nitriles is 1. The minimum Gasteiger partial charge on any atom is -0.479 e. The van der Waals surface area contributed by atoms with Crippen molar-refractivity contribution in [2.24, 2.45) is 5.92 Å². The predicted molar refractivity (Wildman–Crippen MR) is 111 cm³/mol. The average Bonchev–Trinajstić information content (AvgIpc) is 2.66. The summed E-state index contributed by atoms with van der Waals surface area (Å²) < 4.78 is 33.1. The van der Waals surface area contributed by atoms with Crippen LogP contribution in [0.1, 0.15) is 25.8 Å². The van der Waals surface area contributed by atoms with Crippen LogP contribution in [0.15, 0.2) is 53.4 Å². The standard InChI is InChI=1S/C21H25N3O4S/c1-15(2)14-20(24-29(26,27)19-10-4-16(3)5-11-19)21(25)23-17-6-8-18(9-7-17)28-13-12-22/h4-11,15,20,24H,13-14H2,1-3H3,(H,23,25). The minimum absolute atomic E-state index is 0.0665. The molecule has 0 bridgehead atoms. The molecule has 0 aromatic heterocycles. The van der Waals surface area contributed by atoms with Gasteiger partial charge in [-0.15, -0.1) is 0 Å². The van der Waals surface area contributed by atoms with E-state index >= 15 is 0 Å². The number of anilines is 1. The lowest BCUT2D eigenvalue weighted by Gasteiger charge is -2.20. The number of amides is 1. The highest BCUT2D eigenvalue weighted by atomic mass is 32.2. The van der Waals surface area contributed by atoms with Crippen LogP contribution in [0.3, 0.4) is 0 Å². The third-order valence-electron chi connectivity index (χ3n) is 4.08. The molecule has 29 heavy (non-hydrogen) atoms. The van der Waals surface area contributed by atoms with Crippen LogP contribution < -0.4 is 14.8 Å². The zero-order valence-electron chi connectivity index (χ0n) is 16.7. The van der Waals surface area contributed by atoms with Gasteiger partial charge < -0.3 is 10.1 Å². The van der Waals surface area contributed by atoms with Crippen molar-refractivity contribution in [3.8, 4) is 11.8 Å². The van der Waals surface area contributed by atoms with Crippen LogP contribution >= 0.6 is 0 Å². The van der Waals surface area contributed by atoms with Crippen molar-refractivity contribution in [2.75, 3.05) is 11.9 Å². The van der Waals surface area contributed by atoms with Crippen LogP contribution in [0, 0.1) is 24.2 Å². The van der Waals surface area contributed by atoms with E-state index in [1.807, 2.05) is 26.8 Å². The molecule has 154 valence electrons. The molecule has 0 saturated heterocycles. The van der Waals surface area contributed by atoms with Crippen molar-refractivity contribution >= 4 is 21.6 Å². The Morgan fingerprint density at radius 3 is 2.28 bits per heavy atom. The normalized spacial score (nSPS) is 12.2. The third kappa shape index (κ3) is 6.89. The van der Waals surface area contributed by atoms with E-state index in [-0.39, 0.29) is 17.4 Å². The second-order valence-corrected chi connectivity index (χ2v) is 8.79. The van der Waals surface area contributed by atoms with Crippen LogP contribution in [0.5, 0.6) is 5.75 Å². The summed E-state index contributed by atoms with van der Waals surface area (Å²) in [5.41, 5.74) is 1.45. The first-order valence-corrected chi connectivity index (χ1v) is 10.7. The maximum atomic E-state index is 12.8. The first kappa shape index (κ1) is 22.4. The Labute approximate surface area is 171 Å². The SMILES string of the molecule is Cc1ccc(S(=O)(=O)NC(CC(C)C)C(=O)Nc2ccc(OCC#N)cc2)cc1. The molecular formula is C21H25N3O4S. The molecule has 0 saturated carbocycles. The zero-order chi connectivity index (χ0) is 21.4. The van der Waals surface area contributed by atoms with Crippen LogP contribution in [0.2, 0.25) is 0 Å². The molecule has 1 unspecified atom stereocenters. The van der Waals surface area contributed by atoms with Crippen molar-refractivity contribution in [1.82, 2.24) is 4.72 Å². The Hall–Kier alpha value is -2.89. The van der Waals surface area contributed by atoms with Gasteiger partial charge in [0.2, 0.25) is 15.9 Å². The second-order valence-electron chi connectivity index (χ2n) is 7.08. The van der Waals surface area contributed by atoms with E-state index in [0.717, 1.165) is 5.56 Å². The van der Waals surface area contributed by atoms with Gasteiger partial charge in [-0.1, -0.05) is 31.5 Å². The van der Waals surface area contributed by atoms with E-state index in [1.54, 1.807) is 36.4 Å². The maximum Gasteiger partial charge on any atom is 0.242 e. The van der Waals surface area contributed by atoms with Gasteiger partial charge in [0, 0.05) is 5.69 Å². The van der Waals surface area contributed by atoms with Gasteiger partial charge in [-0.2, -0.15) is 9.98 Å². The van der Waals surface area contributed by atoms with Crippen LogP contribution in [-0.2, 0) is 14.8 Å². The van der Waals surface area contributed by atoms with E-state index in [9.17, 15) is 13.2 Å². The lowest BCUT2D eigenvalue weighted by Crippen LogP contribution is -2.44. The lowest BCUT2D eigenvalue weighted by molar-refractivity contribution is -0.118. The molecule has 8 heteroatoms. The Bertz CT molecular complexity index is 962. The van der Waals surface area contributed by atoms with E-state index in [2.05, 4.69) is 10.0 Å². The number of benzene rings is 2. The van der Waals surface area contributed by atoms with Gasteiger partial charge in [0.25, 0.3) is 0 Å². The highest BCUT2D eigenvalue weighted by molar-refractivity contribution is 7.89. The van der Waals surface area contributed by atoms with Gasteiger partial charge in [-0.3, -0.25) is 4.79 Å². The molecule has 0 heterocycles. The fourth-order valence-corrected chi connectivity index (χ4v) is 3.84. The summed E-state index contributed by atoms with van der Waals surface area (Å²) in [6, 6.07) is 13.9. The number of carbonyl (C=O) groups excluding carboxylic acids is 1. The van der Waals surface area contributed by atoms with E-state index in [1.165, 1.54) is 12.1 Å². The molecule has 0 aliphatic carbocycles. The zero-order valence-corrected chi connectivity index (χ0v) is 17.5. The fraction of sp³-hybridized carbons (Fsp3) is 0.333. The van der Waals surface area contributed by atoms with Crippen molar-refractivity contribution in [1.29, 1.82) is 5.26 Å². The van der Waals surface area contributed by atoms with E-state index in [0.29, 0.717) is 17.9 Å². The number of ether oxygens (including phenoxy) is 1. The number of hydrogen-bond donors (Lipinski definition) is 2. The van der Waals surface area contributed by atoms with Gasteiger partial charge in [-0.25, -0.2) is 8.42 Å². The third-order valence-corrected chi connectivity index (χ3v) is 5.57. The molecular weight excluding hydrogens is 390 g/mol. The van der Waals surface area contributed by atoms with Crippen molar-refractivity contribution < 1.29 is 17.9 Å². The van der Waals surface area contributed by atoms with Gasteiger partial charge in [0.05, 0.1) is 4.90 Å². The van der Waals surface area contributed by atoms with E-state index in [4.69, 9.17) is 10.00 Å². The Balaban J connectivity index is 2.13. The maximum absolute atomic E-state index is 12.8. The van der Waals surface area contributed by atoms with Crippen molar-refractivity contribution in [2.45, 2.75) is 38.1 Å². The minimum atomic E-state index is -3.84. The van der Waals surface area contributed by atoms with Crippen LogP contribution in [-0.4, -0.2) is 27.0 Å². The van der Waals surface area contributed by atoms with Gasteiger partial charge >= 0.3 is 0 Å². The fourth-order valence-electron chi connectivity index (χ4n) is 2.63. The molecule has 0 aliphatic rings. The second kappa shape index (κ2) is 10.0. The number of rotatable bonds is 9. The molecule has 1 amide bonds. The number of nitrogens with one attached hydrogen (secondary N) is 2. The molecule has 7 nitrogen and oxygen atoms in total. The monoisotopic (exact) mass is 415 g/mol. The molecule has 2 rings (SSSR count). The number of hydrogen-bond acceptors (Lipinski definition) is 5. The Morgan fingerprint density at radius 1 is 1.10 bits per heavy atom. The predicted octanol–water partition coefficient (Wildman–Crippen LogP) is 3.23. The van der Waals surface area contributed by atoms with Crippen molar-refractivity contribution in [3.05, 3.63) is 54.1 Å². The van der Waals surface area contributed by atoms with Crippen LogP contribution in [0.4, 0.5) is 5.69 Å². The quantitative estimate of drug-likeness (QED) is 0.654. The Morgan fingerprint density at radius 2 is 1.72 bits per heavy atom. The van der Waals surface area contributed by atoms with Crippen molar-refractivity contribution in [3.63, 3.8) is 0 Å². The topological polar surface area (TPSA) is 108 Å². The van der Waals surface area contributed by atoms with Crippen LogP contribution in [0.25, 0.3) is 0 Å². The molecule has 0 fully saturated rings. The van der Waals surface area contributed by atoms with E-state index < -0.39 is 22.0 Å². The number of sulfonamides is 1. The first-order valence-electron chi connectivity index (χ1n) is 9.21. The molecule has 2 aromatic rings. The Kier molecular flexibility index (Phi) is 7.76. The number of nitrogens with zero attached hydrogens (tertiary/aromatic N) is 1.